The maximum atomic E-state index is 13.0. The van der Waals surface area contributed by atoms with Crippen molar-refractivity contribution < 1.29 is 13.2 Å². The number of para-hydroxylation sites is 1. The number of carbonyl (C=O) groups excluding carboxylic acids is 1. The second-order valence-corrected chi connectivity index (χ2v) is 11.5. The quantitative estimate of drug-likeness (QED) is 0.518. The molecule has 1 saturated heterocycles. The van der Waals surface area contributed by atoms with E-state index in [0.717, 1.165) is 42.4 Å². The minimum atomic E-state index is -3.72. The van der Waals surface area contributed by atoms with Crippen LogP contribution >= 0.6 is 11.8 Å². The van der Waals surface area contributed by atoms with Crippen molar-refractivity contribution in [1.29, 1.82) is 0 Å². The Bertz CT molecular complexity index is 1240. The van der Waals surface area contributed by atoms with Gasteiger partial charge in [0.1, 0.15) is 0 Å². The number of hydrogen-bond acceptors (Lipinski definition) is 5. The predicted molar refractivity (Wildman–Crippen MR) is 140 cm³/mol. The van der Waals surface area contributed by atoms with Gasteiger partial charge in [0, 0.05) is 49.4 Å². The van der Waals surface area contributed by atoms with E-state index in [0.29, 0.717) is 11.3 Å². The van der Waals surface area contributed by atoms with Gasteiger partial charge in [0.2, 0.25) is 0 Å². The molecule has 3 aromatic rings. The van der Waals surface area contributed by atoms with Crippen LogP contribution in [0.4, 0.5) is 11.4 Å². The van der Waals surface area contributed by atoms with E-state index in [4.69, 9.17) is 0 Å². The van der Waals surface area contributed by atoms with Crippen LogP contribution in [0.5, 0.6) is 0 Å². The molecule has 178 valence electrons. The Hall–Kier alpha value is -2.81. The number of benzene rings is 3. The van der Waals surface area contributed by atoms with Gasteiger partial charge in [-0.15, -0.1) is 0 Å². The minimum absolute atomic E-state index is 0.133. The van der Waals surface area contributed by atoms with E-state index in [1.54, 1.807) is 36.4 Å². The Labute approximate surface area is 206 Å². The van der Waals surface area contributed by atoms with Crippen molar-refractivity contribution in [3.05, 3.63) is 89.5 Å². The highest BCUT2D eigenvalue weighted by Gasteiger charge is 2.22. The van der Waals surface area contributed by atoms with Crippen molar-refractivity contribution in [2.45, 2.75) is 18.4 Å². The van der Waals surface area contributed by atoms with Crippen molar-refractivity contribution in [2.24, 2.45) is 0 Å². The largest absolute Gasteiger partial charge is 0.322 e. The van der Waals surface area contributed by atoms with Crippen LogP contribution in [0.2, 0.25) is 0 Å². The summed E-state index contributed by atoms with van der Waals surface area (Å²) in [6.45, 7) is 5.06. The van der Waals surface area contributed by atoms with Gasteiger partial charge in [0.15, 0.2) is 0 Å². The zero-order valence-corrected chi connectivity index (χ0v) is 21.0. The Balaban J connectivity index is 1.46. The molecule has 0 spiro atoms. The molecule has 0 aromatic heterocycles. The first-order valence-corrected chi connectivity index (χ1v) is 13.8. The van der Waals surface area contributed by atoms with E-state index in [2.05, 4.69) is 16.3 Å². The number of thioether (sulfide) groups is 1. The Kier molecular flexibility index (Phi) is 7.60. The molecule has 0 unspecified atom stereocenters. The highest BCUT2D eigenvalue weighted by atomic mass is 32.2. The molecule has 0 atom stereocenters. The highest BCUT2D eigenvalue weighted by molar-refractivity contribution is 7.99. The lowest BCUT2D eigenvalue weighted by atomic mass is 10.1. The molecule has 6 nitrogen and oxygen atoms in total. The summed E-state index contributed by atoms with van der Waals surface area (Å²) in [4.78, 5) is 15.5. The Morgan fingerprint density at radius 2 is 1.65 bits per heavy atom. The Morgan fingerprint density at radius 1 is 0.971 bits per heavy atom. The van der Waals surface area contributed by atoms with Crippen LogP contribution in [0.1, 0.15) is 21.5 Å². The van der Waals surface area contributed by atoms with Gasteiger partial charge in [-0.25, -0.2) is 8.42 Å². The number of amides is 1. The van der Waals surface area contributed by atoms with Crippen LogP contribution in [0.15, 0.2) is 77.7 Å². The lowest BCUT2D eigenvalue weighted by Crippen LogP contribution is -2.32. The SMILES string of the molecule is Cc1c(CN2CCSCC2)cccc1NC(=O)c1ccc(S(=O)(=O)N(C)c2ccccc2)cc1. The summed E-state index contributed by atoms with van der Waals surface area (Å²) in [7, 11) is -2.21. The fourth-order valence-corrected chi connectivity index (χ4v) is 6.07. The van der Waals surface area contributed by atoms with E-state index in [9.17, 15) is 13.2 Å². The first kappa shape index (κ1) is 24.3. The van der Waals surface area contributed by atoms with Crippen molar-refractivity contribution in [3.8, 4) is 0 Å². The molecule has 3 aromatic carbocycles. The third kappa shape index (κ3) is 5.46. The molecule has 1 N–H and O–H groups in total. The molecular weight excluding hydrogens is 466 g/mol. The summed E-state index contributed by atoms with van der Waals surface area (Å²) < 4.78 is 27.2. The van der Waals surface area contributed by atoms with Crippen LogP contribution in [0.3, 0.4) is 0 Å². The summed E-state index contributed by atoms with van der Waals surface area (Å²) >= 11 is 1.99. The van der Waals surface area contributed by atoms with E-state index in [1.165, 1.54) is 29.0 Å². The molecular formula is C26H29N3O3S2. The number of rotatable bonds is 7. The predicted octanol–water partition coefficient (Wildman–Crippen LogP) is 4.62. The fourth-order valence-electron chi connectivity index (χ4n) is 3.90. The first-order valence-electron chi connectivity index (χ1n) is 11.2. The van der Waals surface area contributed by atoms with Crippen molar-refractivity contribution in [2.75, 3.05) is 41.3 Å². The van der Waals surface area contributed by atoms with Gasteiger partial charge in [-0.1, -0.05) is 30.3 Å². The lowest BCUT2D eigenvalue weighted by Gasteiger charge is -2.27. The monoisotopic (exact) mass is 495 g/mol. The van der Waals surface area contributed by atoms with Crippen LogP contribution < -0.4 is 9.62 Å². The third-order valence-corrected chi connectivity index (χ3v) is 8.83. The van der Waals surface area contributed by atoms with Gasteiger partial charge in [0.25, 0.3) is 15.9 Å². The number of sulfonamides is 1. The number of anilines is 2. The number of nitrogens with zero attached hydrogens (tertiary/aromatic N) is 2. The lowest BCUT2D eigenvalue weighted by molar-refractivity contribution is 0.102. The summed E-state index contributed by atoms with van der Waals surface area (Å²) in [5.74, 6) is 2.04. The number of hydrogen-bond donors (Lipinski definition) is 1. The second kappa shape index (κ2) is 10.6. The van der Waals surface area contributed by atoms with Gasteiger partial charge >= 0.3 is 0 Å². The first-order chi connectivity index (χ1) is 16.4. The third-order valence-electron chi connectivity index (χ3n) is 6.09. The highest BCUT2D eigenvalue weighted by Crippen LogP contribution is 2.24. The average Bonchev–Trinajstić information content (AvgIpc) is 2.87. The maximum absolute atomic E-state index is 13.0. The second-order valence-electron chi connectivity index (χ2n) is 8.26. The molecule has 8 heteroatoms. The molecule has 4 rings (SSSR count). The van der Waals surface area contributed by atoms with Crippen LogP contribution in [0, 0.1) is 6.92 Å². The van der Waals surface area contributed by atoms with Crippen molar-refractivity contribution >= 4 is 39.1 Å². The molecule has 0 bridgehead atoms. The van der Waals surface area contributed by atoms with Crippen LogP contribution in [0.25, 0.3) is 0 Å². The molecule has 1 aliphatic rings. The van der Waals surface area contributed by atoms with Gasteiger partial charge < -0.3 is 5.32 Å². The molecule has 1 fully saturated rings. The van der Waals surface area contributed by atoms with Gasteiger partial charge in [-0.2, -0.15) is 11.8 Å². The summed E-state index contributed by atoms with van der Waals surface area (Å²) in [6, 6.07) is 20.9. The maximum Gasteiger partial charge on any atom is 0.264 e. The topological polar surface area (TPSA) is 69.7 Å². The molecule has 0 saturated carbocycles. The zero-order valence-electron chi connectivity index (χ0n) is 19.4. The molecule has 1 aliphatic heterocycles. The van der Waals surface area contributed by atoms with Gasteiger partial charge in [0.05, 0.1) is 10.6 Å². The summed E-state index contributed by atoms with van der Waals surface area (Å²) in [5.41, 5.74) is 4.00. The molecule has 0 aliphatic carbocycles. The van der Waals surface area contributed by atoms with E-state index < -0.39 is 10.0 Å². The summed E-state index contributed by atoms with van der Waals surface area (Å²) in [6.07, 6.45) is 0. The average molecular weight is 496 g/mol. The summed E-state index contributed by atoms with van der Waals surface area (Å²) in [5, 5.41) is 2.99. The smallest absolute Gasteiger partial charge is 0.264 e. The van der Waals surface area contributed by atoms with Crippen LogP contribution in [-0.4, -0.2) is 50.9 Å². The van der Waals surface area contributed by atoms with E-state index in [1.807, 2.05) is 36.9 Å². The fraction of sp³-hybridized carbons (Fsp3) is 0.269. The zero-order chi connectivity index (χ0) is 24.1. The van der Waals surface area contributed by atoms with Crippen LogP contribution in [-0.2, 0) is 16.6 Å². The van der Waals surface area contributed by atoms with E-state index in [-0.39, 0.29) is 10.8 Å². The van der Waals surface area contributed by atoms with Crippen molar-refractivity contribution in [1.82, 2.24) is 4.90 Å². The number of nitrogens with one attached hydrogen (secondary N) is 1. The number of carbonyl (C=O) groups is 1. The van der Waals surface area contributed by atoms with Gasteiger partial charge in [-0.3, -0.25) is 14.0 Å². The minimum Gasteiger partial charge on any atom is -0.322 e. The van der Waals surface area contributed by atoms with E-state index >= 15 is 0 Å². The molecule has 0 radical (unpaired) electrons. The molecule has 34 heavy (non-hydrogen) atoms. The van der Waals surface area contributed by atoms with Gasteiger partial charge in [-0.05, 0) is 60.5 Å². The standard InChI is InChI=1S/C26H29N3O3S2/c1-20-22(19-29-15-17-33-18-16-29)7-6-10-25(20)27-26(30)21-11-13-24(14-12-21)34(31,32)28(2)23-8-4-3-5-9-23/h3-14H,15-19H2,1-2H3,(H,27,30). The van der Waals surface area contributed by atoms with Crippen molar-refractivity contribution in [3.63, 3.8) is 0 Å². The molecule has 1 amide bonds. The normalized spacial score (nSPS) is 14.5. The Morgan fingerprint density at radius 3 is 2.32 bits per heavy atom. The molecule has 1 heterocycles.